The third-order valence-electron chi connectivity index (χ3n) is 2.47. The van der Waals surface area contributed by atoms with Crippen molar-refractivity contribution < 1.29 is 13.2 Å². The fourth-order valence-corrected chi connectivity index (χ4v) is 2.78. The second kappa shape index (κ2) is 6.64. The van der Waals surface area contributed by atoms with Crippen molar-refractivity contribution in [2.75, 3.05) is 12.8 Å². The molecule has 0 unspecified atom stereocenters. The second-order valence-electron chi connectivity index (χ2n) is 5.57. The summed E-state index contributed by atoms with van der Waals surface area (Å²) in [5.74, 6) is -0.200. The van der Waals surface area contributed by atoms with Gasteiger partial charge in [-0.2, -0.15) is 0 Å². The Kier molecular flexibility index (Phi) is 5.67. The molecule has 1 rings (SSSR count). The summed E-state index contributed by atoms with van der Waals surface area (Å²) < 4.78 is 23.9. The van der Waals surface area contributed by atoms with E-state index in [2.05, 4.69) is 35.8 Å². The van der Waals surface area contributed by atoms with E-state index in [4.69, 9.17) is 0 Å². The maximum atomic E-state index is 11.5. The molecule has 6 nitrogen and oxygen atoms in total. The standard InChI is InChI=1S/C12H21N3O3S2/c1-12(2,3)9-8-19-11(15-9)7-13-10(16)5-6-14-20(4,17)18/h8,14H,5-7H2,1-4H3,(H,13,16). The van der Waals surface area contributed by atoms with Gasteiger partial charge in [0.1, 0.15) is 5.01 Å². The van der Waals surface area contributed by atoms with Gasteiger partial charge < -0.3 is 5.32 Å². The molecule has 0 atom stereocenters. The molecule has 0 aliphatic carbocycles. The van der Waals surface area contributed by atoms with Crippen molar-refractivity contribution >= 4 is 27.3 Å². The molecule has 0 aromatic carbocycles. The first-order valence-corrected chi connectivity index (χ1v) is 9.01. The number of amides is 1. The van der Waals surface area contributed by atoms with Crippen LogP contribution in [0.4, 0.5) is 0 Å². The van der Waals surface area contributed by atoms with E-state index in [1.54, 1.807) is 0 Å². The molecular formula is C12H21N3O3S2. The van der Waals surface area contributed by atoms with Crippen LogP contribution in [0.15, 0.2) is 5.38 Å². The van der Waals surface area contributed by atoms with Gasteiger partial charge in [-0.1, -0.05) is 20.8 Å². The van der Waals surface area contributed by atoms with E-state index in [0.717, 1.165) is 17.0 Å². The molecule has 1 amide bonds. The quantitative estimate of drug-likeness (QED) is 0.818. The second-order valence-corrected chi connectivity index (χ2v) is 8.35. The summed E-state index contributed by atoms with van der Waals surface area (Å²) in [4.78, 5) is 16.0. The number of carbonyl (C=O) groups excluding carboxylic acids is 1. The van der Waals surface area contributed by atoms with Crippen LogP contribution in [0.25, 0.3) is 0 Å². The zero-order chi connectivity index (χ0) is 15.4. The molecule has 0 spiro atoms. The van der Waals surface area contributed by atoms with E-state index in [-0.39, 0.29) is 24.3 Å². The highest BCUT2D eigenvalue weighted by atomic mass is 32.2. The fourth-order valence-electron chi connectivity index (χ4n) is 1.35. The lowest BCUT2D eigenvalue weighted by atomic mass is 9.93. The third-order valence-corrected chi connectivity index (χ3v) is 4.05. The SMILES string of the molecule is CC(C)(C)c1csc(CNC(=O)CCNS(C)(=O)=O)n1. The van der Waals surface area contributed by atoms with E-state index in [1.165, 1.54) is 11.3 Å². The van der Waals surface area contributed by atoms with Gasteiger partial charge in [0.2, 0.25) is 15.9 Å². The topological polar surface area (TPSA) is 88.2 Å². The number of rotatable bonds is 6. The molecule has 8 heteroatoms. The van der Waals surface area contributed by atoms with Gasteiger partial charge >= 0.3 is 0 Å². The number of nitrogens with one attached hydrogen (secondary N) is 2. The highest BCUT2D eigenvalue weighted by Gasteiger charge is 2.17. The van der Waals surface area contributed by atoms with Crippen molar-refractivity contribution in [3.8, 4) is 0 Å². The molecule has 0 saturated heterocycles. The van der Waals surface area contributed by atoms with Crippen LogP contribution in [0.3, 0.4) is 0 Å². The molecule has 20 heavy (non-hydrogen) atoms. The Bertz CT molecular complexity index is 559. The number of carbonyl (C=O) groups is 1. The van der Waals surface area contributed by atoms with Gasteiger partial charge in [0.15, 0.2) is 0 Å². The molecule has 0 bridgehead atoms. The Hall–Kier alpha value is -0.990. The van der Waals surface area contributed by atoms with Crippen LogP contribution in [-0.2, 0) is 26.8 Å². The Morgan fingerprint density at radius 1 is 1.40 bits per heavy atom. The van der Waals surface area contributed by atoms with Crippen LogP contribution in [0, 0.1) is 0 Å². The summed E-state index contributed by atoms with van der Waals surface area (Å²) >= 11 is 1.51. The van der Waals surface area contributed by atoms with Crippen molar-refractivity contribution in [1.82, 2.24) is 15.0 Å². The lowest BCUT2D eigenvalue weighted by Gasteiger charge is -2.14. The van der Waals surface area contributed by atoms with Gasteiger partial charge in [-0.05, 0) is 0 Å². The van der Waals surface area contributed by atoms with Crippen LogP contribution in [-0.4, -0.2) is 32.1 Å². The Balaban J connectivity index is 2.36. The smallest absolute Gasteiger partial charge is 0.221 e. The van der Waals surface area contributed by atoms with Crippen LogP contribution < -0.4 is 10.0 Å². The zero-order valence-corrected chi connectivity index (χ0v) is 13.8. The first-order chi connectivity index (χ1) is 9.08. The number of hydrogen-bond donors (Lipinski definition) is 2. The minimum Gasteiger partial charge on any atom is -0.350 e. The maximum Gasteiger partial charge on any atom is 0.221 e. The van der Waals surface area contributed by atoms with E-state index in [0.29, 0.717) is 6.54 Å². The Morgan fingerprint density at radius 2 is 2.05 bits per heavy atom. The predicted octanol–water partition coefficient (Wildman–Crippen LogP) is 0.996. The fraction of sp³-hybridized carbons (Fsp3) is 0.667. The molecule has 0 saturated carbocycles. The average molecular weight is 319 g/mol. The summed E-state index contributed by atoms with van der Waals surface area (Å²) in [6, 6.07) is 0. The summed E-state index contributed by atoms with van der Waals surface area (Å²) in [6.07, 6.45) is 1.18. The van der Waals surface area contributed by atoms with Crippen molar-refractivity contribution in [2.24, 2.45) is 0 Å². The normalized spacial score (nSPS) is 12.4. The zero-order valence-electron chi connectivity index (χ0n) is 12.2. The van der Waals surface area contributed by atoms with Crippen LogP contribution in [0.1, 0.15) is 37.9 Å². The minimum atomic E-state index is -3.24. The van der Waals surface area contributed by atoms with Gasteiger partial charge in [-0.15, -0.1) is 11.3 Å². The van der Waals surface area contributed by atoms with Crippen LogP contribution in [0.2, 0.25) is 0 Å². The number of hydrogen-bond acceptors (Lipinski definition) is 5. The van der Waals surface area contributed by atoms with Crippen molar-refractivity contribution in [3.63, 3.8) is 0 Å². The van der Waals surface area contributed by atoms with E-state index < -0.39 is 10.0 Å². The molecule has 1 aromatic rings. The van der Waals surface area contributed by atoms with Crippen molar-refractivity contribution in [1.29, 1.82) is 0 Å². The minimum absolute atomic E-state index is 0.00182. The maximum absolute atomic E-state index is 11.5. The molecule has 1 heterocycles. The number of sulfonamides is 1. The molecule has 114 valence electrons. The van der Waals surface area contributed by atoms with E-state index >= 15 is 0 Å². The summed E-state index contributed by atoms with van der Waals surface area (Å²) in [5, 5.41) is 5.56. The van der Waals surface area contributed by atoms with Crippen molar-refractivity contribution in [3.05, 3.63) is 16.1 Å². The monoisotopic (exact) mass is 319 g/mol. The molecule has 1 aromatic heterocycles. The van der Waals surface area contributed by atoms with Crippen molar-refractivity contribution in [2.45, 2.75) is 39.2 Å². The Morgan fingerprint density at radius 3 is 2.55 bits per heavy atom. The number of thiazole rings is 1. The Labute approximate surface area is 124 Å². The van der Waals surface area contributed by atoms with E-state index in [1.807, 2.05) is 5.38 Å². The first kappa shape index (κ1) is 17.1. The predicted molar refractivity (Wildman–Crippen MR) is 80.1 cm³/mol. The van der Waals surface area contributed by atoms with Crippen LogP contribution >= 0.6 is 11.3 Å². The molecule has 0 aliphatic rings. The largest absolute Gasteiger partial charge is 0.350 e. The van der Waals surface area contributed by atoms with Gasteiger partial charge in [0.05, 0.1) is 18.5 Å². The van der Waals surface area contributed by atoms with Gasteiger partial charge in [0, 0.05) is 23.8 Å². The van der Waals surface area contributed by atoms with Gasteiger partial charge in [-0.25, -0.2) is 18.1 Å². The first-order valence-electron chi connectivity index (χ1n) is 6.24. The van der Waals surface area contributed by atoms with Gasteiger partial charge in [-0.3, -0.25) is 4.79 Å². The molecule has 0 radical (unpaired) electrons. The molecule has 0 aliphatic heterocycles. The summed E-state index contributed by atoms with van der Waals surface area (Å²) in [5.41, 5.74) is 1.00. The average Bonchev–Trinajstić information content (AvgIpc) is 2.72. The number of aromatic nitrogens is 1. The summed E-state index contributed by atoms with van der Waals surface area (Å²) in [7, 11) is -3.24. The lowest BCUT2D eigenvalue weighted by Crippen LogP contribution is -2.29. The highest BCUT2D eigenvalue weighted by molar-refractivity contribution is 7.88. The highest BCUT2D eigenvalue weighted by Crippen LogP contribution is 2.23. The van der Waals surface area contributed by atoms with Gasteiger partial charge in [0.25, 0.3) is 0 Å². The molecular weight excluding hydrogens is 298 g/mol. The molecule has 0 fully saturated rings. The lowest BCUT2D eigenvalue weighted by molar-refractivity contribution is -0.121. The summed E-state index contributed by atoms with van der Waals surface area (Å²) in [6.45, 7) is 6.73. The van der Waals surface area contributed by atoms with E-state index in [9.17, 15) is 13.2 Å². The molecule has 2 N–H and O–H groups in total. The number of nitrogens with zero attached hydrogens (tertiary/aromatic N) is 1. The van der Waals surface area contributed by atoms with Crippen LogP contribution in [0.5, 0.6) is 0 Å². The third kappa shape index (κ3) is 6.44.